The molecule has 2 aliphatic heterocycles. The number of amides is 2. The number of hydrogen-bond acceptors (Lipinski definition) is 3. The van der Waals surface area contributed by atoms with Crippen LogP contribution in [0.4, 0.5) is 10.1 Å². The fourth-order valence-corrected chi connectivity index (χ4v) is 3.75. The van der Waals surface area contributed by atoms with E-state index >= 15 is 0 Å². The molecule has 136 valence electrons. The quantitative estimate of drug-likeness (QED) is 0.747. The predicted molar refractivity (Wildman–Crippen MR) is 95.4 cm³/mol. The number of likely N-dealkylation sites (tertiary alicyclic amines) is 1. The van der Waals surface area contributed by atoms with Gasteiger partial charge in [0.05, 0.1) is 5.69 Å². The molecule has 2 fully saturated rings. The summed E-state index contributed by atoms with van der Waals surface area (Å²) in [5, 5.41) is 0. The molecule has 25 heavy (non-hydrogen) atoms. The van der Waals surface area contributed by atoms with Crippen LogP contribution in [0.1, 0.15) is 12.8 Å². The molecule has 3 rings (SSSR count). The van der Waals surface area contributed by atoms with Crippen LogP contribution < -0.4 is 4.90 Å². The van der Waals surface area contributed by atoms with Crippen LogP contribution in [0.5, 0.6) is 0 Å². The second-order valence-electron chi connectivity index (χ2n) is 6.25. The molecule has 0 aromatic heterocycles. The van der Waals surface area contributed by atoms with Gasteiger partial charge in [0.2, 0.25) is 5.91 Å². The van der Waals surface area contributed by atoms with E-state index in [0.717, 1.165) is 6.42 Å². The van der Waals surface area contributed by atoms with E-state index in [1.807, 2.05) is 4.90 Å². The van der Waals surface area contributed by atoms with Crippen molar-refractivity contribution in [3.05, 3.63) is 30.1 Å². The number of hydrogen-bond donors (Lipinski definition) is 0. The Morgan fingerprint density at radius 2 is 1.76 bits per heavy atom. The first-order chi connectivity index (χ1) is 12.0. The van der Waals surface area contributed by atoms with Gasteiger partial charge in [-0.15, -0.1) is 0 Å². The highest BCUT2D eigenvalue weighted by Gasteiger charge is 2.38. The van der Waals surface area contributed by atoms with Crippen LogP contribution in [0, 0.1) is 5.82 Å². The maximum atomic E-state index is 13.9. The van der Waals surface area contributed by atoms with Gasteiger partial charge in [0, 0.05) is 32.7 Å². The first kappa shape index (κ1) is 18.3. The van der Waals surface area contributed by atoms with E-state index in [2.05, 4.69) is 0 Å². The fraction of sp³-hybridized carbons (Fsp3) is 0.529. The molecule has 0 radical (unpaired) electrons. The van der Waals surface area contributed by atoms with E-state index in [4.69, 9.17) is 23.2 Å². The number of para-hydroxylation sites is 1. The smallest absolute Gasteiger partial charge is 0.256 e. The van der Waals surface area contributed by atoms with Crippen molar-refractivity contribution in [2.75, 3.05) is 37.6 Å². The van der Waals surface area contributed by atoms with Gasteiger partial charge in [-0.05, 0) is 25.0 Å². The van der Waals surface area contributed by atoms with Crippen molar-refractivity contribution < 1.29 is 14.0 Å². The Bertz CT molecular complexity index is 651. The number of anilines is 1. The van der Waals surface area contributed by atoms with Gasteiger partial charge in [0.1, 0.15) is 11.9 Å². The summed E-state index contributed by atoms with van der Waals surface area (Å²) in [6.07, 6.45) is 1.39. The monoisotopic (exact) mass is 387 g/mol. The summed E-state index contributed by atoms with van der Waals surface area (Å²) in [7, 11) is 0. The number of nitrogens with zero attached hydrogens (tertiary/aromatic N) is 3. The Kier molecular flexibility index (Phi) is 5.69. The van der Waals surface area contributed by atoms with Crippen molar-refractivity contribution in [1.82, 2.24) is 9.80 Å². The van der Waals surface area contributed by atoms with Crippen LogP contribution >= 0.6 is 23.2 Å². The van der Waals surface area contributed by atoms with E-state index in [1.54, 1.807) is 23.1 Å². The molecule has 1 aromatic carbocycles. The van der Waals surface area contributed by atoms with Gasteiger partial charge >= 0.3 is 0 Å². The highest BCUT2D eigenvalue weighted by molar-refractivity contribution is 6.53. The minimum Gasteiger partial charge on any atom is -0.366 e. The Hall–Kier alpha value is -1.53. The zero-order valence-corrected chi connectivity index (χ0v) is 15.2. The highest BCUT2D eigenvalue weighted by atomic mass is 35.5. The highest BCUT2D eigenvalue weighted by Crippen LogP contribution is 2.24. The molecular formula is C17H20Cl2FN3O2. The molecule has 2 aliphatic rings. The van der Waals surface area contributed by atoms with Crippen LogP contribution in [0.15, 0.2) is 24.3 Å². The number of benzene rings is 1. The van der Waals surface area contributed by atoms with Gasteiger partial charge in [-0.1, -0.05) is 35.3 Å². The van der Waals surface area contributed by atoms with Crippen molar-refractivity contribution in [1.29, 1.82) is 0 Å². The van der Waals surface area contributed by atoms with Crippen LogP contribution in [0.25, 0.3) is 0 Å². The lowest BCUT2D eigenvalue weighted by Crippen LogP contribution is -2.55. The molecule has 0 bridgehead atoms. The Labute approximate surface area is 156 Å². The molecule has 2 heterocycles. The summed E-state index contributed by atoms with van der Waals surface area (Å²) in [5.74, 6) is -0.748. The van der Waals surface area contributed by atoms with Gasteiger partial charge in [-0.3, -0.25) is 9.59 Å². The summed E-state index contributed by atoms with van der Waals surface area (Å²) < 4.78 is 13.9. The van der Waals surface area contributed by atoms with Gasteiger partial charge in [-0.2, -0.15) is 0 Å². The minimum absolute atomic E-state index is 0.0759. The molecule has 2 amide bonds. The summed E-state index contributed by atoms with van der Waals surface area (Å²) in [6.45, 7) is 2.61. The molecule has 0 aliphatic carbocycles. The molecule has 2 saturated heterocycles. The minimum atomic E-state index is -1.15. The van der Waals surface area contributed by atoms with Crippen LogP contribution in [-0.4, -0.2) is 65.2 Å². The van der Waals surface area contributed by atoms with Gasteiger partial charge in [-0.25, -0.2) is 4.39 Å². The maximum Gasteiger partial charge on any atom is 0.256 e. The summed E-state index contributed by atoms with van der Waals surface area (Å²) >= 11 is 11.3. The Morgan fingerprint density at radius 1 is 1.08 bits per heavy atom. The van der Waals surface area contributed by atoms with Crippen molar-refractivity contribution in [3.63, 3.8) is 0 Å². The van der Waals surface area contributed by atoms with Crippen molar-refractivity contribution >= 4 is 40.7 Å². The van der Waals surface area contributed by atoms with E-state index in [1.165, 1.54) is 11.0 Å². The second kappa shape index (κ2) is 7.79. The molecule has 0 saturated carbocycles. The van der Waals surface area contributed by atoms with E-state index < -0.39 is 16.8 Å². The topological polar surface area (TPSA) is 43.9 Å². The SMILES string of the molecule is O=C(C1CCCN1C(=O)C(Cl)Cl)N1CCN(c2ccccc2F)CC1. The van der Waals surface area contributed by atoms with E-state index in [0.29, 0.717) is 44.8 Å². The van der Waals surface area contributed by atoms with Gasteiger partial charge < -0.3 is 14.7 Å². The first-order valence-corrected chi connectivity index (χ1v) is 9.23. The molecule has 0 spiro atoms. The zero-order chi connectivity index (χ0) is 18.0. The third-order valence-corrected chi connectivity index (χ3v) is 5.17. The number of halogens is 3. The maximum absolute atomic E-state index is 13.9. The number of piperazine rings is 1. The van der Waals surface area contributed by atoms with Crippen molar-refractivity contribution in [2.45, 2.75) is 23.7 Å². The number of carbonyl (C=O) groups excluding carboxylic acids is 2. The molecule has 0 N–H and O–H groups in total. The third-order valence-electron chi connectivity index (χ3n) is 4.79. The van der Waals surface area contributed by atoms with Crippen LogP contribution in [0.3, 0.4) is 0 Å². The average Bonchev–Trinajstić information content (AvgIpc) is 3.10. The predicted octanol–water partition coefficient (Wildman–Crippen LogP) is 2.27. The number of rotatable bonds is 3. The largest absolute Gasteiger partial charge is 0.366 e. The zero-order valence-electron chi connectivity index (χ0n) is 13.7. The molecular weight excluding hydrogens is 368 g/mol. The lowest BCUT2D eigenvalue weighted by atomic mass is 10.1. The fourth-order valence-electron chi connectivity index (χ4n) is 3.50. The molecule has 1 aromatic rings. The van der Waals surface area contributed by atoms with Crippen LogP contribution in [-0.2, 0) is 9.59 Å². The van der Waals surface area contributed by atoms with Gasteiger partial charge in [0.25, 0.3) is 5.91 Å². The van der Waals surface area contributed by atoms with Crippen molar-refractivity contribution in [3.8, 4) is 0 Å². The molecule has 1 atom stereocenters. The van der Waals surface area contributed by atoms with Crippen LogP contribution in [0.2, 0.25) is 0 Å². The standard InChI is InChI=1S/C17H20Cl2FN3O2/c18-15(19)17(25)23-7-3-6-14(23)16(24)22-10-8-21(9-11-22)13-5-2-1-4-12(13)20/h1-2,4-5,14-15H,3,6-11H2. The van der Waals surface area contributed by atoms with Gasteiger partial charge in [0.15, 0.2) is 4.84 Å². The lowest BCUT2D eigenvalue weighted by molar-refractivity contribution is -0.143. The van der Waals surface area contributed by atoms with Crippen molar-refractivity contribution in [2.24, 2.45) is 0 Å². The number of carbonyl (C=O) groups is 2. The van der Waals surface area contributed by atoms with E-state index in [-0.39, 0.29) is 11.7 Å². The Balaban J connectivity index is 1.62. The first-order valence-electron chi connectivity index (χ1n) is 8.36. The lowest BCUT2D eigenvalue weighted by Gasteiger charge is -2.38. The molecule has 5 nitrogen and oxygen atoms in total. The third kappa shape index (κ3) is 3.85. The summed E-state index contributed by atoms with van der Waals surface area (Å²) in [6, 6.07) is 6.14. The summed E-state index contributed by atoms with van der Waals surface area (Å²) in [5.41, 5.74) is 0.555. The average molecular weight is 388 g/mol. The molecule has 8 heteroatoms. The van der Waals surface area contributed by atoms with E-state index in [9.17, 15) is 14.0 Å². The normalized spacial score (nSPS) is 21.1. The molecule has 1 unspecified atom stereocenters. The Morgan fingerprint density at radius 3 is 2.40 bits per heavy atom. The second-order valence-corrected chi connectivity index (χ2v) is 7.35. The number of alkyl halides is 2. The summed E-state index contributed by atoms with van der Waals surface area (Å²) in [4.78, 5) is 28.9.